The van der Waals surface area contributed by atoms with Crippen molar-refractivity contribution < 1.29 is 35.9 Å². The third-order valence-electron chi connectivity index (χ3n) is 4.67. The Morgan fingerprint density at radius 2 is 1.81 bits per heavy atom. The lowest BCUT2D eigenvalue weighted by Crippen LogP contribution is -2.41. The van der Waals surface area contributed by atoms with Crippen LogP contribution in [0.2, 0.25) is 5.02 Å². The van der Waals surface area contributed by atoms with Crippen LogP contribution in [-0.4, -0.2) is 40.3 Å². The molecule has 0 saturated carbocycles. The summed E-state index contributed by atoms with van der Waals surface area (Å²) in [7, 11) is -4.08. The van der Waals surface area contributed by atoms with E-state index in [0.29, 0.717) is 40.6 Å². The van der Waals surface area contributed by atoms with Crippen molar-refractivity contribution in [1.29, 1.82) is 0 Å². The van der Waals surface area contributed by atoms with E-state index in [2.05, 4.69) is 5.32 Å². The number of anilines is 1. The number of benzene rings is 2. The molecule has 7 nitrogen and oxygen atoms in total. The van der Waals surface area contributed by atoms with Gasteiger partial charge < -0.3 is 14.8 Å². The van der Waals surface area contributed by atoms with Gasteiger partial charge in [-0.15, -0.1) is 0 Å². The minimum Gasteiger partial charge on any atom is -0.486 e. The van der Waals surface area contributed by atoms with Crippen molar-refractivity contribution in [3.63, 3.8) is 0 Å². The number of hydrogen-bond acceptors (Lipinski definition) is 5. The zero-order chi connectivity index (χ0) is 23.7. The Hall–Kier alpha value is -2.66. The van der Waals surface area contributed by atoms with E-state index in [-0.39, 0.29) is 5.69 Å². The normalized spacial score (nSPS) is 14.6. The predicted octanol–water partition coefficient (Wildman–Crippen LogP) is 3.77. The van der Waals surface area contributed by atoms with Crippen molar-refractivity contribution in [1.82, 2.24) is 5.32 Å². The van der Waals surface area contributed by atoms with Gasteiger partial charge in [0.2, 0.25) is 15.9 Å². The molecule has 0 fully saturated rings. The van der Waals surface area contributed by atoms with Crippen LogP contribution in [0, 0.1) is 0 Å². The van der Waals surface area contributed by atoms with Crippen LogP contribution in [0.3, 0.4) is 0 Å². The Morgan fingerprint density at radius 1 is 1.16 bits per heavy atom. The van der Waals surface area contributed by atoms with Gasteiger partial charge in [-0.1, -0.05) is 17.7 Å². The molecular formula is C20H20ClF3N2O5S. The molecule has 0 radical (unpaired) electrons. The first-order chi connectivity index (χ1) is 14.9. The first-order valence-electron chi connectivity index (χ1n) is 9.39. The Bertz CT molecular complexity index is 1120. The van der Waals surface area contributed by atoms with Gasteiger partial charge in [-0.05, 0) is 42.8 Å². The molecular weight excluding hydrogens is 473 g/mol. The molecule has 0 spiro atoms. The van der Waals surface area contributed by atoms with E-state index in [0.717, 1.165) is 18.4 Å². The first-order valence-corrected chi connectivity index (χ1v) is 11.6. The number of ether oxygens (including phenoxy) is 2. The van der Waals surface area contributed by atoms with Crippen LogP contribution in [0.5, 0.6) is 11.5 Å². The number of nitrogens with zero attached hydrogens (tertiary/aromatic N) is 1. The molecule has 2 aromatic carbocycles. The molecule has 1 N–H and O–H groups in total. The van der Waals surface area contributed by atoms with Crippen LogP contribution < -0.4 is 19.1 Å². The van der Waals surface area contributed by atoms with E-state index in [1.54, 1.807) is 25.1 Å². The lowest BCUT2D eigenvalue weighted by Gasteiger charge is -2.25. The number of rotatable bonds is 6. The number of nitrogens with one attached hydrogen (secondary N) is 1. The molecule has 3 rings (SSSR count). The predicted molar refractivity (Wildman–Crippen MR) is 113 cm³/mol. The number of amides is 1. The van der Waals surface area contributed by atoms with Gasteiger partial charge in [-0.3, -0.25) is 9.10 Å². The second-order valence-electron chi connectivity index (χ2n) is 7.12. The van der Waals surface area contributed by atoms with Gasteiger partial charge in [0, 0.05) is 0 Å². The van der Waals surface area contributed by atoms with Gasteiger partial charge in [-0.2, -0.15) is 13.2 Å². The Balaban J connectivity index is 1.79. The minimum absolute atomic E-state index is 0.327. The summed E-state index contributed by atoms with van der Waals surface area (Å²) >= 11 is 5.61. The van der Waals surface area contributed by atoms with Crippen molar-refractivity contribution in [2.24, 2.45) is 0 Å². The SMILES string of the molecule is CC(NC(=O)CN(c1ccc(Cl)c(C(F)(F)F)c1)S(C)(=O)=O)c1ccc2c(c1)OCCO2. The third-order valence-corrected chi connectivity index (χ3v) is 6.14. The quantitative estimate of drug-likeness (QED) is 0.663. The minimum atomic E-state index is -4.79. The molecule has 1 unspecified atom stereocenters. The zero-order valence-corrected chi connectivity index (χ0v) is 18.6. The first kappa shape index (κ1) is 24.0. The van der Waals surface area contributed by atoms with Gasteiger partial charge in [0.1, 0.15) is 19.8 Å². The number of carbonyl (C=O) groups excluding carboxylic acids is 1. The second-order valence-corrected chi connectivity index (χ2v) is 9.44. The fourth-order valence-corrected chi connectivity index (χ4v) is 4.19. The van der Waals surface area contributed by atoms with Crippen LogP contribution in [0.4, 0.5) is 18.9 Å². The standard InChI is InChI=1S/C20H20ClF3N2O5S/c1-12(13-3-6-17-18(9-13)31-8-7-30-17)25-19(27)11-26(32(2,28)29)14-4-5-16(21)15(10-14)20(22,23)24/h3-6,9-10,12H,7-8,11H2,1-2H3,(H,25,27). The third kappa shape index (κ3) is 5.57. The fourth-order valence-electron chi connectivity index (χ4n) is 3.12. The molecule has 1 heterocycles. The van der Waals surface area contributed by atoms with Crippen LogP contribution in [0.1, 0.15) is 24.1 Å². The number of carbonyl (C=O) groups is 1. The maximum atomic E-state index is 13.2. The largest absolute Gasteiger partial charge is 0.486 e. The maximum Gasteiger partial charge on any atom is 0.417 e. The lowest BCUT2D eigenvalue weighted by molar-refractivity contribution is -0.137. The number of hydrogen-bond donors (Lipinski definition) is 1. The summed E-state index contributed by atoms with van der Waals surface area (Å²) in [6.45, 7) is 1.78. The number of alkyl halides is 3. The monoisotopic (exact) mass is 492 g/mol. The van der Waals surface area contributed by atoms with Gasteiger partial charge >= 0.3 is 6.18 Å². The van der Waals surface area contributed by atoms with Crippen molar-refractivity contribution in [2.75, 3.05) is 30.3 Å². The summed E-state index contributed by atoms with van der Waals surface area (Å²) in [6.07, 6.45) is -3.99. The van der Waals surface area contributed by atoms with Crippen molar-refractivity contribution >= 4 is 33.2 Å². The molecule has 0 aliphatic carbocycles. The molecule has 174 valence electrons. The molecule has 1 aliphatic heterocycles. The summed E-state index contributed by atoms with van der Waals surface area (Å²) < 4.78 is 75.5. The number of halogens is 4. The van der Waals surface area contributed by atoms with Crippen LogP contribution in [-0.2, 0) is 21.0 Å². The highest BCUT2D eigenvalue weighted by Crippen LogP contribution is 2.37. The van der Waals surface area contributed by atoms with E-state index in [1.165, 1.54) is 0 Å². The van der Waals surface area contributed by atoms with Gasteiger partial charge in [-0.25, -0.2) is 8.42 Å². The van der Waals surface area contributed by atoms with Crippen molar-refractivity contribution in [3.05, 3.63) is 52.5 Å². The molecule has 1 aliphatic rings. The molecule has 12 heteroatoms. The molecule has 0 aromatic heterocycles. The fraction of sp³-hybridized carbons (Fsp3) is 0.350. The molecule has 0 bridgehead atoms. The second kappa shape index (κ2) is 9.07. The summed E-state index contributed by atoms with van der Waals surface area (Å²) in [4.78, 5) is 12.6. The van der Waals surface area contributed by atoms with E-state index in [1.807, 2.05) is 0 Å². The van der Waals surface area contributed by atoms with Crippen molar-refractivity contribution in [3.8, 4) is 11.5 Å². The highest BCUT2D eigenvalue weighted by atomic mass is 35.5. The maximum absolute atomic E-state index is 13.2. The Labute approximate surface area is 188 Å². The van der Waals surface area contributed by atoms with E-state index < -0.39 is 45.3 Å². The zero-order valence-electron chi connectivity index (χ0n) is 17.1. The summed E-state index contributed by atoms with van der Waals surface area (Å²) in [6, 6.07) is 7.23. The van der Waals surface area contributed by atoms with Crippen LogP contribution in [0.25, 0.3) is 0 Å². The van der Waals surface area contributed by atoms with E-state index in [4.69, 9.17) is 21.1 Å². The van der Waals surface area contributed by atoms with Crippen LogP contribution in [0.15, 0.2) is 36.4 Å². The van der Waals surface area contributed by atoms with Gasteiger partial charge in [0.25, 0.3) is 0 Å². The summed E-state index contributed by atoms with van der Waals surface area (Å²) in [5, 5.41) is 2.06. The molecule has 32 heavy (non-hydrogen) atoms. The summed E-state index contributed by atoms with van der Waals surface area (Å²) in [5.74, 6) is 0.389. The van der Waals surface area contributed by atoms with Gasteiger partial charge in [0.15, 0.2) is 11.5 Å². The topological polar surface area (TPSA) is 84.9 Å². The molecule has 2 aromatic rings. The smallest absolute Gasteiger partial charge is 0.417 e. The molecule has 1 amide bonds. The highest BCUT2D eigenvalue weighted by molar-refractivity contribution is 7.92. The Kier molecular flexibility index (Phi) is 6.80. The average Bonchev–Trinajstić information content (AvgIpc) is 2.70. The summed E-state index contributed by atoms with van der Waals surface area (Å²) in [5.41, 5.74) is -0.846. The molecule has 0 saturated heterocycles. The highest BCUT2D eigenvalue weighted by Gasteiger charge is 2.34. The number of fused-ring (bicyclic) bond motifs is 1. The Morgan fingerprint density at radius 3 is 2.44 bits per heavy atom. The van der Waals surface area contributed by atoms with E-state index in [9.17, 15) is 26.4 Å². The van der Waals surface area contributed by atoms with Crippen LogP contribution >= 0.6 is 11.6 Å². The van der Waals surface area contributed by atoms with Crippen molar-refractivity contribution in [2.45, 2.75) is 19.1 Å². The molecule has 1 atom stereocenters. The lowest BCUT2D eigenvalue weighted by atomic mass is 10.1. The van der Waals surface area contributed by atoms with E-state index >= 15 is 0 Å². The van der Waals surface area contributed by atoms with Gasteiger partial charge in [0.05, 0.1) is 28.6 Å². The number of sulfonamides is 1. The average molecular weight is 493 g/mol.